The summed E-state index contributed by atoms with van der Waals surface area (Å²) in [5.74, 6) is -0.0479. The van der Waals surface area contributed by atoms with Crippen LogP contribution in [-0.2, 0) is 9.63 Å². The summed E-state index contributed by atoms with van der Waals surface area (Å²) >= 11 is 2.25. The summed E-state index contributed by atoms with van der Waals surface area (Å²) in [4.78, 5) is 19.7. The number of anilines is 2. The highest BCUT2D eigenvalue weighted by molar-refractivity contribution is 14.1. The van der Waals surface area contributed by atoms with E-state index in [4.69, 9.17) is 4.84 Å². The number of hydrogen-bond donors (Lipinski definition) is 1. The number of carbonyl (C=O) groups is 1. The molecule has 2 aromatic carbocycles. The number of allylic oxidation sites excluding steroid dienone is 1. The predicted molar refractivity (Wildman–Crippen MR) is 103 cm³/mol. The van der Waals surface area contributed by atoms with Gasteiger partial charge in [-0.25, -0.2) is 0 Å². The van der Waals surface area contributed by atoms with Crippen LogP contribution in [0.2, 0.25) is 0 Å². The molecule has 0 spiro atoms. The minimum absolute atomic E-state index is 0.0479. The Balaban J connectivity index is 2.00. The summed E-state index contributed by atoms with van der Waals surface area (Å²) < 4.78 is 1.04. The third-order valence-corrected chi connectivity index (χ3v) is 5.09. The van der Waals surface area contributed by atoms with Crippen molar-refractivity contribution in [1.82, 2.24) is 0 Å². The number of hydrogen-bond acceptors (Lipinski definition) is 4. The number of oxime groups is 1. The third kappa shape index (κ3) is 2.06. The molecule has 0 radical (unpaired) electrons. The zero-order valence-electron chi connectivity index (χ0n) is 13.1. The van der Waals surface area contributed by atoms with Crippen molar-refractivity contribution in [2.45, 2.75) is 0 Å². The second-order valence-corrected chi connectivity index (χ2v) is 6.71. The van der Waals surface area contributed by atoms with Crippen LogP contribution >= 0.6 is 22.6 Å². The lowest BCUT2D eigenvalue weighted by molar-refractivity contribution is -0.112. The van der Waals surface area contributed by atoms with Crippen molar-refractivity contribution >= 4 is 51.2 Å². The molecule has 0 saturated carbocycles. The van der Waals surface area contributed by atoms with Gasteiger partial charge < -0.3 is 15.1 Å². The SMILES string of the molecule is CO/N=C1\C(=C2\C(=O)N(C)c3c(I)cccc32)Nc2ccccc21. The summed E-state index contributed by atoms with van der Waals surface area (Å²) in [6, 6.07) is 13.7. The first-order chi connectivity index (χ1) is 11.6. The Morgan fingerprint density at radius 2 is 1.88 bits per heavy atom. The van der Waals surface area contributed by atoms with Gasteiger partial charge in [0.15, 0.2) is 0 Å². The highest BCUT2D eigenvalue weighted by Crippen LogP contribution is 2.43. The highest BCUT2D eigenvalue weighted by atomic mass is 127. The van der Waals surface area contributed by atoms with Gasteiger partial charge >= 0.3 is 0 Å². The average Bonchev–Trinajstić information content (AvgIpc) is 3.05. The lowest BCUT2D eigenvalue weighted by Gasteiger charge is -2.10. The molecule has 1 N–H and O–H groups in total. The van der Waals surface area contributed by atoms with Crippen molar-refractivity contribution < 1.29 is 9.63 Å². The van der Waals surface area contributed by atoms with Crippen molar-refractivity contribution in [1.29, 1.82) is 0 Å². The van der Waals surface area contributed by atoms with Gasteiger partial charge in [-0.3, -0.25) is 4.79 Å². The molecule has 0 aromatic heterocycles. The van der Waals surface area contributed by atoms with Gasteiger partial charge in [-0.15, -0.1) is 0 Å². The molecule has 24 heavy (non-hydrogen) atoms. The number of rotatable bonds is 1. The van der Waals surface area contributed by atoms with Crippen LogP contribution in [0.25, 0.3) is 5.57 Å². The van der Waals surface area contributed by atoms with Gasteiger partial charge in [-0.2, -0.15) is 0 Å². The highest BCUT2D eigenvalue weighted by Gasteiger charge is 2.37. The number of likely N-dealkylation sites (N-methyl/N-ethyl adjacent to an activating group) is 1. The van der Waals surface area contributed by atoms with E-state index < -0.39 is 0 Å². The minimum atomic E-state index is -0.0479. The van der Waals surface area contributed by atoms with E-state index in [-0.39, 0.29) is 5.91 Å². The molecule has 1 amide bonds. The fourth-order valence-electron chi connectivity index (χ4n) is 3.18. The standard InChI is InChI=1S/C18H14IN3O2/c1-22-17-11(7-5-8-12(17)19)14(18(22)23)16-15(21-24-2)10-6-3-4-9-13(10)20-16/h3-9,20H,1-2H3/b16-14-,21-15-. The number of para-hydroxylation sites is 2. The molecule has 0 atom stereocenters. The Bertz CT molecular complexity index is 934. The van der Waals surface area contributed by atoms with E-state index in [9.17, 15) is 4.79 Å². The molecule has 0 fully saturated rings. The van der Waals surface area contributed by atoms with Crippen LogP contribution in [0.15, 0.2) is 53.3 Å². The number of nitrogens with zero attached hydrogens (tertiary/aromatic N) is 2. The molecule has 0 saturated heterocycles. The molecule has 2 aromatic rings. The van der Waals surface area contributed by atoms with Crippen molar-refractivity contribution in [3.8, 4) is 0 Å². The van der Waals surface area contributed by atoms with Gasteiger partial charge in [-0.05, 0) is 34.7 Å². The number of nitrogens with one attached hydrogen (secondary N) is 1. The molecular formula is C18H14IN3O2. The summed E-state index contributed by atoms with van der Waals surface area (Å²) in [7, 11) is 3.31. The third-order valence-electron chi connectivity index (χ3n) is 4.22. The molecule has 0 aliphatic carbocycles. The predicted octanol–water partition coefficient (Wildman–Crippen LogP) is 3.45. The molecule has 120 valence electrons. The van der Waals surface area contributed by atoms with Crippen LogP contribution in [0.4, 0.5) is 11.4 Å². The Morgan fingerprint density at radius 1 is 1.12 bits per heavy atom. The summed E-state index contributed by atoms with van der Waals surface area (Å²) in [6.07, 6.45) is 0. The van der Waals surface area contributed by atoms with E-state index in [1.165, 1.54) is 7.11 Å². The van der Waals surface area contributed by atoms with Gasteiger partial charge in [0.2, 0.25) is 0 Å². The number of halogens is 1. The molecule has 2 aliphatic rings. The molecule has 2 heterocycles. The minimum Gasteiger partial charge on any atom is -0.399 e. The number of carbonyl (C=O) groups excluding carboxylic acids is 1. The monoisotopic (exact) mass is 431 g/mol. The second-order valence-electron chi connectivity index (χ2n) is 5.54. The smallest absolute Gasteiger partial charge is 0.260 e. The van der Waals surface area contributed by atoms with Crippen LogP contribution in [0.3, 0.4) is 0 Å². The largest absolute Gasteiger partial charge is 0.399 e. The van der Waals surface area contributed by atoms with Gasteiger partial charge in [0.1, 0.15) is 12.8 Å². The molecule has 4 rings (SSSR count). The molecular weight excluding hydrogens is 417 g/mol. The normalized spacial score (nSPS) is 20.2. The zero-order valence-corrected chi connectivity index (χ0v) is 15.3. The number of amides is 1. The summed E-state index contributed by atoms with van der Waals surface area (Å²) in [6.45, 7) is 0. The van der Waals surface area contributed by atoms with Crippen LogP contribution in [0, 0.1) is 3.57 Å². The van der Waals surface area contributed by atoms with Crippen molar-refractivity contribution in [3.05, 3.63) is 62.9 Å². The summed E-state index contributed by atoms with van der Waals surface area (Å²) in [5, 5.41) is 7.51. The zero-order chi connectivity index (χ0) is 16.8. The van der Waals surface area contributed by atoms with E-state index in [1.54, 1.807) is 11.9 Å². The summed E-state index contributed by atoms with van der Waals surface area (Å²) in [5.41, 5.74) is 5.65. The Hall–Kier alpha value is -2.35. The van der Waals surface area contributed by atoms with E-state index in [0.29, 0.717) is 17.0 Å². The topological polar surface area (TPSA) is 53.9 Å². The van der Waals surface area contributed by atoms with Gasteiger partial charge in [-0.1, -0.05) is 35.5 Å². The fraction of sp³-hybridized carbons (Fsp3) is 0.111. The first kappa shape index (κ1) is 15.2. The van der Waals surface area contributed by atoms with Crippen LogP contribution < -0.4 is 10.2 Å². The molecule has 0 bridgehead atoms. The lowest BCUT2D eigenvalue weighted by Crippen LogP contribution is -2.22. The lowest BCUT2D eigenvalue weighted by atomic mass is 10.0. The Morgan fingerprint density at radius 3 is 2.67 bits per heavy atom. The Labute approximate surface area is 153 Å². The molecule has 6 heteroatoms. The van der Waals surface area contributed by atoms with Crippen LogP contribution in [0.1, 0.15) is 11.1 Å². The maximum atomic E-state index is 12.9. The maximum absolute atomic E-state index is 12.9. The van der Waals surface area contributed by atoms with Crippen LogP contribution in [-0.4, -0.2) is 25.8 Å². The first-order valence-corrected chi connectivity index (χ1v) is 8.50. The van der Waals surface area contributed by atoms with Crippen LogP contribution in [0.5, 0.6) is 0 Å². The molecule has 0 unspecified atom stereocenters. The van der Waals surface area contributed by atoms with Gasteiger partial charge in [0.05, 0.1) is 17.0 Å². The average molecular weight is 431 g/mol. The van der Waals surface area contributed by atoms with Crippen molar-refractivity contribution in [3.63, 3.8) is 0 Å². The van der Waals surface area contributed by atoms with Crippen molar-refractivity contribution in [2.24, 2.45) is 5.16 Å². The first-order valence-electron chi connectivity index (χ1n) is 7.42. The van der Waals surface area contributed by atoms with E-state index in [0.717, 1.165) is 26.1 Å². The van der Waals surface area contributed by atoms with Gasteiger partial charge in [0.25, 0.3) is 5.91 Å². The van der Waals surface area contributed by atoms with E-state index >= 15 is 0 Å². The van der Waals surface area contributed by atoms with Gasteiger partial charge in [0, 0.05) is 27.4 Å². The van der Waals surface area contributed by atoms with Crippen molar-refractivity contribution in [2.75, 3.05) is 24.4 Å². The van der Waals surface area contributed by atoms with E-state index in [1.807, 2.05) is 42.5 Å². The van der Waals surface area contributed by atoms with E-state index in [2.05, 4.69) is 33.1 Å². The maximum Gasteiger partial charge on any atom is 0.260 e. The fourth-order valence-corrected chi connectivity index (χ4v) is 4.04. The molecule has 2 aliphatic heterocycles. The second kappa shape index (κ2) is 5.62. The Kier molecular flexibility index (Phi) is 3.56. The molecule has 5 nitrogen and oxygen atoms in total. The number of fused-ring (bicyclic) bond motifs is 2. The number of benzene rings is 2. The quantitative estimate of drug-likeness (QED) is 0.428.